The van der Waals surface area contributed by atoms with Gasteiger partial charge in [-0.1, -0.05) is 89.7 Å². The number of carbonyl (C=O) groups is 1. The summed E-state index contributed by atoms with van der Waals surface area (Å²) in [5, 5.41) is 12.6. The van der Waals surface area contributed by atoms with Crippen LogP contribution in [0.1, 0.15) is 154 Å². The van der Waals surface area contributed by atoms with Gasteiger partial charge in [-0.05, 0) is 141 Å². The molecule has 0 atom stereocenters. The molecule has 7 rings (SSSR count). The molecule has 3 aliphatic rings. The van der Waals surface area contributed by atoms with Gasteiger partial charge in [-0.15, -0.1) is 29.1 Å². The summed E-state index contributed by atoms with van der Waals surface area (Å²) in [4.78, 5) is 16.9. The van der Waals surface area contributed by atoms with Gasteiger partial charge in [0.05, 0.1) is 5.52 Å². The van der Waals surface area contributed by atoms with Crippen molar-refractivity contribution in [3.63, 3.8) is 0 Å². The fraction of sp³-hybridized carbons (Fsp3) is 0.560. The van der Waals surface area contributed by atoms with E-state index in [1.54, 1.807) is 0 Å². The SMILES string of the molecule is CC1(C)CCC(C(=O)/C=C(\O)C(F)(F)F)CC1.Cc1cc(C)c2c(C3CCC4(CC3)CCC(C)(C)CC4)cc(-c3[c-]c4ccccc4c(C(C)(C)C)c3)nc2c1.[Ir]. The van der Waals surface area contributed by atoms with Crippen LogP contribution in [-0.2, 0) is 30.3 Å². The van der Waals surface area contributed by atoms with Crippen molar-refractivity contribution in [2.45, 2.75) is 157 Å². The average Bonchev–Trinajstić information content (AvgIpc) is 3.11. The van der Waals surface area contributed by atoms with Gasteiger partial charge in [0, 0.05) is 43.2 Å². The number of benzene rings is 3. The minimum absolute atomic E-state index is 0. The molecule has 7 heteroatoms. The molecule has 1 N–H and O–H groups in total. The van der Waals surface area contributed by atoms with E-state index in [0.29, 0.717) is 35.7 Å². The first-order valence-electron chi connectivity index (χ1n) is 20.9. The maximum atomic E-state index is 12.0. The zero-order chi connectivity index (χ0) is 40.8. The summed E-state index contributed by atoms with van der Waals surface area (Å²) in [7, 11) is 0. The predicted molar refractivity (Wildman–Crippen MR) is 225 cm³/mol. The van der Waals surface area contributed by atoms with E-state index in [2.05, 4.69) is 117 Å². The Bertz CT molecular complexity index is 2090. The molecule has 311 valence electrons. The number of aliphatic hydroxyl groups excluding tert-OH is 1. The smallest absolute Gasteiger partial charge is 0.448 e. The van der Waals surface area contributed by atoms with E-state index in [9.17, 15) is 18.0 Å². The number of nitrogens with zero attached hydrogens (tertiary/aromatic N) is 1. The molecule has 57 heavy (non-hydrogen) atoms. The monoisotopic (exact) mass is 959 g/mol. The van der Waals surface area contributed by atoms with E-state index >= 15 is 0 Å². The van der Waals surface area contributed by atoms with Gasteiger partial charge in [-0.2, -0.15) is 13.2 Å². The number of allylic oxidation sites excluding steroid dienone is 2. The summed E-state index contributed by atoms with van der Waals surface area (Å²) in [5.74, 6) is -2.19. The van der Waals surface area contributed by atoms with Crippen LogP contribution in [0.5, 0.6) is 0 Å². The molecular weight excluding hydrogens is 896 g/mol. The van der Waals surface area contributed by atoms with E-state index < -0.39 is 17.7 Å². The quantitative estimate of drug-likeness (QED) is 0.126. The number of aromatic nitrogens is 1. The van der Waals surface area contributed by atoms with E-state index in [1.807, 2.05) is 0 Å². The van der Waals surface area contributed by atoms with Gasteiger partial charge < -0.3 is 5.11 Å². The van der Waals surface area contributed by atoms with E-state index in [1.165, 1.54) is 89.8 Å². The van der Waals surface area contributed by atoms with Crippen LogP contribution < -0.4 is 0 Å². The van der Waals surface area contributed by atoms with Crippen molar-refractivity contribution in [1.29, 1.82) is 0 Å². The molecule has 0 amide bonds. The molecule has 3 nitrogen and oxygen atoms in total. The third-order valence-electron chi connectivity index (χ3n) is 13.6. The number of aliphatic hydroxyl groups is 1. The number of hydrogen-bond acceptors (Lipinski definition) is 3. The first-order valence-corrected chi connectivity index (χ1v) is 20.9. The minimum atomic E-state index is -4.83. The molecule has 1 spiro atoms. The molecule has 3 aliphatic carbocycles. The Morgan fingerprint density at radius 1 is 0.825 bits per heavy atom. The number of alkyl halides is 3. The summed E-state index contributed by atoms with van der Waals surface area (Å²) in [5.41, 5.74) is 10.3. The Morgan fingerprint density at radius 2 is 1.42 bits per heavy atom. The number of fused-ring (bicyclic) bond motifs is 2. The third kappa shape index (κ3) is 10.6. The molecule has 3 fully saturated rings. The van der Waals surface area contributed by atoms with Gasteiger partial charge in [0.25, 0.3) is 0 Å². The molecule has 1 radical (unpaired) electrons. The maximum absolute atomic E-state index is 12.0. The Morgan fingerprint density at radius 3 is 2.02 bits per heavy atom. The number of rotatable bonds is 4. The second-order valence-electron chi connectivity index (χ2n) is 20.3. The van der Waals surface area contributed by atoms with Crippen LogP contribution in [0.25, 0.3) is 32.9 Å². The summed E-state index contributed by atoms with van der Waals surface area (Å²) in [6, 6.07) is 22.0. The Balaban J connectivity index is 0.000000292. The van der Waals surface area contributed by atoms with Gasteiger partial charge >= 0.3 is 6.18 Å². The van der Waals surface area contributed by atoms with Crippen molar-refractivity contribution in [2.24, 2.45) is 22.2 Å². The molecule has 0 saturated heterocycles. The molecule has 0 aliphatic heterocycles. The first-order chi connectivity index (χ1) is 26.0. The summed E-state index contributed by atoms with van der Waals surface area (Å²) in [6.45, 7) is 20.5. The normalized spacial score (nSPS) is 20.2. The molecular formula is C50H63F3IrNO2-. The summed E-state index contributed by atoms with van der Waals surface area (Å²) >= 11 is 0. The summed E-state index contributed by atoms with van der Waals surface area (Å²) in [6.07, 6.45) is 9.34. The Hall–Kier alpha value is -3.02. The Labute approximate surface area is 353 Å². The number of pyridine rings is 1. The second-order valence-corrected chi connectivity index (χ2v) is 20.3. The predicted octanol–water partition coefficient (Wildman–Crippen LogP) is 14.8. The van der Waals surface area contributed by atoms with Crippen LogP contribution in [0.15, 0.2) is 60.4 Å². The zero-order valence-electron chi connectivity index (χ0n) is 35.6. The van der Waals surface area contributed by atoms with E-state index in [4.69, 9.17) is 10.1 Å². The number of halogens is 3. The fourth-order valence-corrected chi connectivity index (χ4v) is 9.76. The zero-order valence-corrected chi connectivity index (χ0v) is 38.0. The molecule has 3 aromatic carbocycles. The number of hydrogen-bond donors (Lipinski definition) is 1. The van der Waals surface area contributed by atoms with Crippen molar-refractivity contribution >= 4 is 27.5 Å². The van der Waals surface area contributed by atoms with Gasteiger partial charge in [0.1, 0.15) is 0 Å². The van der Waals surface area contributed by atoms with E-state index in [-0.39, 0.29) is 36.9 Å². The molecule has 0 unspecified atom stereocenters. The second kappa shape index (κ2) is 16.9. The average molecular weight is 959 g/mol. The molecule has 3 saturated carbocycles. The van der Waals surface area contributed by atoms with Crippen molar-refractivity contribution in [3.05, 3.63) is 88.7 Å². The van der Waals surface area contributed by atoms with Crippen LogP contribution in [0.3, 0.4) is 0 Å². The number of ketones is 1. The van der Waals surface area contributed by atoms with Crippen molar-refractivity contribution in [1.82, 2.24) is 4.98 Å². The van der Waals surface area contributed by atoms with Crippen LogP contribution in [-0.4, -0.2) is 22.1 Å². The molecule has 4 aromatic rings. The van der Waals surface area contributed by atoms with Crippen molar-refractivity contribution < 1.29 is 43.2 Å². The van der Waals surface area contributed by atoms with Crippen LogP contribution in [0.2, 0.25) is 0 Å². The minimum Gasteiger partial charge on any atom is -0.504 e. The molecule has 1 heterocycles. The topological polar surface area (TPSA) is 50.2 Å². The van der Waals surface area contributed by atoms with Gasteiger partial charge in [-0.3, -0.25) is 9.78 Å². The first kappa shape index (κ1) is 45.1. The fourth-order valence-electron chi connectivity index (χ4n) is 9.76. The van der Waals surface area contributed by atoms with Crippen LogP contribution in [0.4, 0.5) is 13.2 Å². The van der Waals surface area contributed by atoms with Gasteiger partial charge in [-0.25, -0.2) is 0 Å². The molecule has 1 aromatic heterocycles. The van der Waals surface area contributed by atoms with Gasteiger partial charge in [0.2, 0.25) is 5.76 Å². The third-order valence-corrected chi connectivity index (χ3v) is 13.6. The largest absolute Gasteiger partial charge is 0.504 e. The Kier molecular flexibility index (Phi) is 13.4. The van der Waals surface area contributed by atoms with Crippen molar-refractivity contribution in [3.8, 4) is 11.3 Å². The standard InChI is InChI=1S/C38H46N.C12H17F3O2.Ir/c1-25-20-26(2)35-31(27-12-14-38(15-13-27)18-16-37(6,7)17-19-38)24-33(39-34(35)21-25)29-22-28-10-8-9-11-30(28)32(23-29)36(3,4)5;1-11(2)5-3-8(4-6-11)9(16)7-10(17)12(13,14)15;/h8-11,20-21,23-24,27H,12-19H2,1-7H3;7-8,17H,3-6H2,1-2H3;/q-1;;/b;10-7-;. The molecule has 0 bridgehead atoms. The number of carbonyl (C=O) groups excluding carboxylic acids is 1. The van der Waals surface area contributed by atoms with Gasteiger partial charge in [0.15, 0.2) is 5.78 Å². The maximum Gasteiger partial charge on any atom is 0.448 e. The summed E-state index contributed by atoms with van der Waals surface area (Å²) < 4.78 is 36.1. The van der Waals surface area contributed by atoms with Crippen LogP contribution in [0, 0.1) is 42.1 Å². The van der Waals surface area contributed by atoms with Crippen molar-refractivity contribution in [2.75, 3.05) is 0 Å². The van der Waals surface area contributed by atoms with E-state index in [0.717, 1.165) is 29.6 Å². The van der Waals surface area contributed by atoms with Crippen LogP contribution >= 0.6 is 0 Å². The number of aryl methyl sites for hydroxylation is 2.